The van der Waals surface area contributed by atoms with E-state index >= 15 is 0 Å². The summed E-state index contributed by atoms with van der Waals surface area (Å²) in [6.45, 7) is 10.6. The third kappa shape index (κ3) is 3.10. The van der Waals surface area contributed by atoms with Crippen molar-refractivity contribution in [2.45, 2.75) is 52.1 Å². The molecule has 0 amide bonds. The lowest BCUT2D eigenvalue weighted by Gasteiger charge is -2.26. The normalized spacial score (nSPS) is 15.6. The van der Waals surface area contributed by atoms with E-state index in [4.69, 9.17) is 16.6 Å². The van der Waals surface area contributed by atoms with E-state index in [1.807, 2.05) is 0 Å². The molecule has 0 saturated carbocycles. The van der Waals surface area contributed by atoms with Gasteiger partial charge in [0.1, 0.15) is 0 Å². The van der Waals surface area contributed by atoms with Crippen molar-refractivity contribution in [3.05, 3.63) is 34.4 Å². The summed E-state index contributed by atoms with van der Waals surface area (Å²) in [5, 5.41) is 9.13. The molecule has 0 spiro atoms. The van der Waals surface area contributed by atoms with E-state index in [0.29, 0.717) is 0 Å². The molecule has 2 atom stereocenters. The lowest BCUT2D eigenvalue weighted by atomic mass is 9.82. The van der Waals surface area contributed by atoms with Gasteiger partial charge in [-0.3, -0.25) is 0 Å². The molecule has 5 N–H and O–H groups in total. The highest BCUT2D eigenvalue weighted by Gasteiger charge is 2.21. The fraction of sp³-hybridized carbons (Fsp3) is 0.600. The van der Waals surface area contributed by atoms with Gasteiger partial charge in [0.2, 0.25) is 0 Å². The maximum atomic E-state index is 9.13. The Morgan fingerprint density at radius 2 is 1.56 bits per heavy atom. The minimum atomic E-state index is -0.414. The highest BCUT2D eigenvalue weighted by atomic mass is 16.3. The van der Waals surface area contributed by atoms with Gasteiger partial charge in [0, 0.05) is 12.1 Å². The van der Waals surface area contributed by atoms with Crippen LogP contribution in [0.3, 0.4) is 0 Å². The second kappa shape index (κ2) is 5.39. The van der Waals surface area contributed by atoms with Gasteiger partial charge < -0.3 is 16.6 Å². The van der Waals surface area contributed by atoms with Crippen LogP contribution in [0.2, 0.25) is 0 Å². The summed E-state index contributed by atoms with van der Waals surface area (Å²) in [4.78, 5) is 0. The first kappa shape index (κ1) is 15.2. The van der Waals surface area contributed by atoms with Crippen LogP contribution in [0.1, 0.15) is 49.1 Å². The minimum absolute atomic E-state index is 0.0962. The quantitative estimate of drug-likeness (QED) is 0.767. The standard InChI is InChI=1S/C15H26N2O/c1-9-6-11(15(3,4)5)7-10(2)13(9)14(17)12(16)8-18/h6-7,12,14,18H,8,16-17H2,1-5H3. The molecule has 18 heavy (non-hydrogen) atoms. The van der Waals surface area contributed by atoms with Crippen molar-refractivity contribution in [3.63, 3.8) is 0 Å². The first-order chi connectivity index (χ1) is 8.18. The van der Waals surface area contributed by atoms with Gasteiger partial charge in [-0.1, -0.05) is 32.9 Å². The van der Waals surface area contributed by atoms with Gasteiger partial charge in [-0.2, -0.15) is 0 Å². The molecule has 102 valence electrons. The minimum Gasteiger partial charge on any atom is -0.395 e. The van der Waals surface area contributed by atoms with Crippen LogP contribution < -0.4 is 11.5 Å². The summed E-state index contributed by atoms with van der Waals surface area (Å²) in [5.74, 6) is 0. The first-order valence-electron chi connectivity index (χ1n) is 6.42. The van der Waals surface area contributed by atoms with E-state index in [9.17, 15) is 0 Å². The molecule has 2 unspecified atom stereocenters. The number of rotatable bonds is 3. The molecule has 3 heteroatoms. The average molecular weight is 250 g/mol. The molecule has 0 aromatic heterocycles. The molecular weight excluding hydrogens is 224 g/mol. The van der Waals surface area contributed by atoms with Crippen LogP contribution in [0, 0.1) is 13.8 Å². The van der Waals surface area contributed by atoms with E-state index in [-0.39, 0.29) is 18.1 Å². The Morgan fingerprint density at radius 3 is 1.89 bits per heavy atom. The summed E-state index contributed by atoms with van der Waals surface area (Å²) >= 11 is 0. The molecular formula is C15H26N2O. The molecule has 3 nitrogen and oxygen atoms in total. The Labute approximate surface area is 110 Å². The van der Waals surface area contributed by atoms with E-state index < -0.39 is 6.04 Å². The average Bonchev–Trinajstić information content (AvgIpc) is 2.25. The van der Waals surface area contributed by atoms with E-state index in [1.54, 1.807) is 0 Å². The molecule has 0 aliphatic carbocycles. The number of aliphatic hydroxyl groups excluding tert-OH is 1. The number of nitrogens with two attached hydrogens (primary N) is 2. The Kier molecular flexibility index (Phi) is 4.54. The van der Waals surface area contributed by atoms with Crippen LogP contribution in [-0.4, -0.2) is 17.8 Å². The van der Waals surface area contributed by atoms with Crippen LogP contribution in [0.15, 0.2) is 12.1 Å². The van der Waals surface area contributed by atoms with Crippen LogP contribution in [0.5, 0.6) is 0 Å². The van der Waals surface area contributed by atoms with Crippen LogP contribution in [0.25, 0.3) is 0 Å². The molecule has 0 saturated heterocycles. The summed E-state index contributed by atoms with van der Waals surface area (Å²) in [7, 11) is 0. The van der Waals surface area contributed by atoms with Crippen molar-refractivity contribution in [3.8, 4) is 0 Å². The molecule has 0 fully saturated rings. The maximum absolute atomic E-state index is 9.13. The van der Waals surface area contributed by atoms with Crippen LogP contribution in [0.4, 0.5) is 0 Å². The zero-order valence-corrected chi connectivity index (χ0v) is 12.1. The van der Waals surface area contributed by atoms with Gasteiger partial charge in [0.15, 0.2) is 0 Å². The van der Waals surface area contributed by atoms with Gasteiger partial charge in [-0.05, 0) is 41.5 Å². The van der Waals surface area contributed by atoms with Crippen molar-refractivity contribution >= 4 is 0 Å². The predicted octanol–water partition coefficient (Wildman–Crippen LogP) is 1.92. The van der Waals surface area contributed by atoms with Gasteiger partial charge in [-0.25, -0.2) is 0 Å². The third-order valence-electron chi connectivity index (χ3n) is 3.47. The van der Waals surface area contributed by atoms with E-state index in [0.717, 1.165) is 16.7 Å². The van der Waals surface area contributed by atoms with E-state index in [2.05, 4.69) is 46.8 Å². The Bertz CT molecular complexity index is 398. The molecule has 0 bridgehead atoms. The molecule has 1 rings (SSSR count). The number of aliphatic hydroxyl groups is 1. The van der Waals surface area contributed by atoms with Crippen molar-refractivity contribution in [1.82, 2.24) is 0 Å². The SMILES string of the molecule is Cc1cc(C(C)(C)C)cc(C)c1C(N)C(N)CO. The lowest BCUT2D eigenvalue weighted by molar-refractivity contribution is 0.249. The van der Waals surface area contributed by atoms with E-state index in [1.165, 1.54) is 5.56 Å². The monoisotopic (exact) mass is 250 g/mol. The van der Waals surface area contributed by atoms with Gasteiger partial charge >= 0.3 is 0 Å². The smallest absolute Gasteiger partial charge is 0.0601 e. The van der Waals surface area contributed by atoms with Crippen molar-refractivity contribution in [2.24, 2.45) is 11.5 Å². The number of benzene rings is 1. The predicted molar refractivity (Wildman–Crippen MR) is 76.6 cm³/mol. The topological polar surface area (TPSA) is 72.3 Å². The Hall–Kier alpha value is -0.900. The van der Waals surface area contributed by atoms with Crippen molar-refractivity contribution < 1.29 is 5.11 Å². The number of hydrogen-bond acceptors (Lipinski definition) is 3. The molecule has 0 aliphatic heterocycles. The van der Waals surface area contributed by atoms with Gasteiger partial charge in [-0.15, -0.1) is 0 Å². The highest BCUT2D eigenvalue weighted by Crippen LogP contribution is 2.29. The van der Waals surface area contributed by atoms with Crippen molar-refractivity contribution in [2.75, 3.05) is 6.61 Å². The Balaban J connectivity index is 3.25. The number of aryl methyl sites for hydroxylation is 2. The van der Waals surface area contributed by atoms with Crippen LogP contribution in [-0.2, 0) is 5.41 Å². The molecule has 0 radical (unpaired) electrons. The zero-order chi connectivity index (χ0) is 14.1. The lowest BCUT2D eigenvalue weighted by Crippen LogP contribution is -2.38. The van der Waals surface area contributed by atoms with Crippen LogP contribution >= 0.6 is 0 Å². The van der Waals surface area contributed by atoms with Crippen molar-refractivity contribution in [1.29, 1.82) is 0 Å². The first-order valence-corrected chi connectivity index (χ1v) is 6.42. The summed E-state index contributed by atoms with van der Waals surface area (Å²) in [5.41, 5.74) is 16.7. The fourth-order valence-electron chi connectivity index (χ4n) is 2.26. The second-order valence-electron chi connectivity index (χ2n) is 6.15. The zero-order valence-electron chi connectivity index (χ0n) is 12.1. The summed E-state index contributed by atoms with van der Waals surface area (Å²) < 4.78 is 0. The molecule has 1 aromatic rings. The largest absolute Gasteiger partial charge is 0.395 e. The third-order valence-corrected chi connectivity index (χ3v) is 3.47. The van der Waals surface area contributed by atoms with Gasteiger partial charge in [0.25, 0.3) is 0 Å². The summed E-state index contributed by atoms with van der Waals surface area (Å²) in [6, 6.07) is 3.62. The number of hydrogen-bond donors (Lipinski definition) is 3. The maximum Gasteiger partial charge on any atom is 0.0601 e. The molecule has 0 heterocycles. The summed E-state index contributed by atoms with van der Waals surface area (Å²) in [6.07, 6.45) is 0. The molecule has 0 aliphatic rings. The fourth-order valence-corrected chi connectivity index (χ4v) is 2.26. The Morgan fingerprint density at radius 1 is 1.11 bits per heavy atom. The second-order valence-corrected chi connectivity index (χ2v) is 6.15. The van der Waals surface area contributed by atoms with Gasteiger partial charge in [0.05, 0.1) is 6.61 Å². The highest BCUT2D eigenvalue weighted by molar-refractivity contribution is 5.42. The molecule has 1 aromatic carbocycles.